The Labute approximate surface area is 179 Å². The van der Waals surface area contributed by atoms with Crippen molar-refractivity contribution >= 4 is 57.5 Å². The van der Waals surface area contributed by atoms with Crippen LogP contribution in [0.5, 0.6) is 5.75 Å². The molecule has 0 aliphatic heterocycles. The number of nitroso groups, excluding NO2 is 2. The van der Waals surface area contributed by atoms with Crippen LogP contribution in [0.15, 0.2) is 31.4 Å². The maximum Gasteiger partial charge on any atom is 0.389 e. The monoisotopic (exact) mass is 539 g/mol. The number of thiophene rings is 1. The summed E-state index contributed by atoms with van der Waals surface area (Å²) in [6.07, 6.45) is -5.68. The second-order valence-electron chi connectivity index (χ2n) is 5.41. The van der Waals surface area contributed by atoms with Crippen LogP contribution < -0.4 is 9.46 Å². The molecule has 29 heavy (non-hydrogen) atoms. The van der Waals surface area contributed by atoms with Crippen molar-refractivity contribution in [2.24, 2.45) is 9.89 Å². The molecule has 0 spiro atoms. The van der Waals surface area contributed by atoms with Crippen LogP contribution >= 0.6 is 47.4 Å². The molecule has 1 aromatic carbocycles. The molecule has 0 unspecified atom stereocenters. The molecule has 0 saturated carbocycles. The maximum atomic E-state index is 14.6. The van der Waals surface area contributed by atoms with Gasteiger partial charge in [0.05, 0.1) is 16.2 Å². The third kappa shape index (κ3) is 5.81. The Morgan fingerprint density at radius 1 is 1.24 bits per heavy atom. The first-order valence-electron chi connectivity index (χ1n) is 7.69. The van der Waals surface area contributed by atoms with Gasteiger partial charge in [-0.3, -0.25) is 4.72 Å². The van der Waals surface area contributed by atoms with E-state index in [9.17, 15) is 31.8 Å². The zero-order valence-electron chi connectivity index (χ0n) is 14.4. The Hall–Kier alpha value is -0.950. The summed E-state index contributed by atoms with van der Waals surface area (Å²) in [7, 11) is -1.75. The van der Waals surface area contributed by atoms with Crippen LogP contribution in [-0.2, 0) is 5.66 Å². The molecular formula is C14H12BrF5N3O3PS2. The number of benzene rings is 1. The lowest BCUT2D eigenvalue weighted by Gasteiger charge is -2.13. The summed E-state index contributed by atoms with van der Waals surface area (Å²) >= 11 is 4.75. The minimum atomic E-state index is -4.33. The van der Waals surface area contributed by atoms with Crippen LogP contribution in [0.1, 0.15) is 17.7 Å². The molecule has 0 aliphatic rings. The maximum absolute atomic E-state index is 14.6. The van der Waals surface area contributed by atoms with Gasteiger partial charge in [0.1, 0.15) is 5.75 Å². The highest BCUT2D eigenvalue weighted by molar-refractivity contribution is 9.10. The molecule has 0 aliphatic carbocycles. The molecule has 6 nitrogen and oxygen atoms in total. The van der Waals surface area contributed by atoms with Crippen molar-refractivity contribution in [3.05, 3.63) is 31.3 Å². The van der Waals surface area contributed by atoms with Crippen LogP contribution in [0.3, 0.4) is 0 Å². The topological polar surface area (TPSA) is 80.1 Å². The van der Waals surface area contributed by atoms with Gasteiger partial charge in [0.25, 0.3) is 0 Å². The van der Waals surface area contributed by atoms with E-state index < -0.39 is 31.4 Å². The van der Waals surface area contributed by atoms with Gasteiger partial charge in [-0.2, -0.15) is 22.0 Å². The molecule has 0 fully saturated rings. The van der Waals surface area contributed by atoms with E-state index in [1.54, 1.807) is 13.1 Å². The lowest BCUT2D eigenvalue weighted by atomic mass is 10.2. The van der Waals surface area contributed by atoms with Gasteiger partial charge >= 0.3 is 20.1 Å². The third-order valence-corrected chi connectivity index (χ3v) is 7.67. The van der Waals surface area contributed by atoms with Crippen LogP contribution in [0.4, 0.5) is 22.0 Å². The summed E-state index contributed by atoms with van der Waals surface area (Å²) in [5.41, 5.74) is -3.91. The van der Waals surface area contributed by atoms with Gasteiger partial charge in [-0.1, -0.05) is 0 Å². The minimum absolute atomic E-state index is 0.0685. The molecule has 1 aromatic heterocycles. The molecule has 0 amide bonds. The Balaban J connectivity index is 2.47. The van der Waals surface area contributed by atoms with Crippen molar-refractivity contribution in [3.8, 4) is 5.75 Å². The molecule has 0 atom stereocenters. The van der Waals surface area contributed by atoms with Gasteiger partial charge in [0.2, 0.25) is 0 Å². The van der Waals surface area contributed by atoms with E-state index in [2.05, 4.69) is 30.5 Å². The van der Waals surface area contributed by atoms with Crippen LogP contribution in [0, 0.1) is 9.81 Å². The number of rotatable bonds is 10. The fraction of sp³-hybridized carbons (Fsp3) is 0.429. The van der Waals surface area contributed by atoms with E-state index in [1.165, 1.54) is 6.07 Å². The van der Waals surface area contributed by atoms with Crippen molar-refractivity contribution in [2.75, 3.05) is 13.7 Å². The van der Waals surface area contributed by atoms with Gasteiger partial charge < -0.3 is 4.74 Å². The number of ether oxygens (including phenoxy) is 1. The molecule has 15 heteroatoms. The Bertz CT molecular complexity index is 891. The second-order valence-corrected chi connectivity index (χ2v) is 9.78. The largest absolute Gasteiger partial charge is 0.492 e. The summed E-state index contributed by atoms with van der Waals surface area (Å²) in [5.74, 6) is 0.109. The molecule has 0 saturated heterocycles. The highest BCUT2D eigenvalue weighted by Crippen LogP contribution is 2.64. The first kappa shape index (κ1) is 24.3. The number of fused-ring (bicyclic) bond motifs is 1. The normalized spacial score (nSPS) is 12.6. The van der Waals surface area contributed by atoms with Gasteiger partial charge in [-0.15, -0.1) is 21.2 Å². The van der Waals surface area contributed by atoms with Crippen molar-refractivity contribution in [1.29, 1.82) is 0 Å². The van der Waals surface area contributed by atoms with E-state index in [1.807, 2.05) is 0 Å². The Morgan fingerprint density at radius 2 is 1.90 bits per heavy atom. The number of nitrogens with zero attached hydrogens (tertiary/aromatic N) is 2. The molecular weight excluding hydrogens is 528 g/mol. The summed E-state index contributed by atoms with van der Waals surface area (Å²) in [4.78, 5) is 25.4. The highest BCUT2D eigenvalue weighted by Gasteiger charge is 2.49. The lowest BCUT2D eigenvalue weighted by molar-refractivity contribution is -0.136. The van der Waals surface area contributed by atoms with Gasteiger partial charge in [-0.05, 0) is 63.4 Å². The SMILES string of the molecule is CNSc1cc(OCCCC(F)(F)F)c2sc(C(F)(F)P(N=O)N=O)c(Br)c2c1. The average Bonchev–Trinajstić information content (AvgIpc) is 2.97. The molecule has 1 heterocycles. The smallest absolute Gasteiger partial charge is 0.389 e. The first-order chi connectivity index (χ1) is 13.5. The molecule has 160 valence electrons. The van der Waals surface area contributed by atoms with Crippen molar-refractivity contribution in [2.45, 2.75) is 29.6 Å². The summed E-state index contributed by atoms with van der Waals surface area (Å²) in [6.45, 7) is -0.276. The zero-order valence-corrected chi connectivity index (χ0v) is 18.5. The van der Waals surface area contributed by atoms with Crippen LogP contribution in [-0.4, -0.2) is 19.8 Å². The van der Waals surface area contributed by atoms with Crippen molar-refractivity contribution in [1.82, 2.24) is 4.72 Å². The average molecular weight is 540 g/mol. The minimum Gasteiger partial charge on any atom is -0.492 e. The van der Waals surface area contributed by atoms with Crippen molar-refractivity contribution in [3.63, 3.8) is 0 Å². The van der Waals surface area contributed by atoms with Gasteiger partial charge in [-0.25, -0.2) is 0 Å². The van der Waals surface area contributed by atoms with E-state index in [-0.39, 0.29) is 27.9 Å². The molecule has 0 bridgehead atoms. The van der Waals surface area contributed by atoms with E-state index in [0.29, 0.717) is 21.6 Å². The fourth-order valence-corrected chi connectivity index (χ4v) is 5.85. The lowest BCUT2D eigenvalue weighted by Crippen LogP contribution is -2.09. The van der Waals surface area contributed by atoms with E-state index in [0.717, 1.165) is 11.9 Å². The van der Waals surface area contributed by atoms with Gasteiger partial charge in [0.15, 0.2) is 0 Å². The Kier molecular flexibility index (Phi) is 8.31. The quantitative estimate of drug-likeness (QED) is 0.111. The standard InChI is InChI=1S/C14H12BrF5N3O3PS2/c1-21-29-7-5-8-10(15)12(14(19,20)27(22-24)23-25)28-11(8)9(6-7)26-4-2-3-13(16,17)18/h5-6,21H,2-4H2,1H3. The highest BCUT2D eigenvalue weighted by atomic mass is 79.9. The molecule has 2 aromatic rings. The number of nitrogens with one attached hydrogen (secondary N) is 1. The van der Waals surface area contributed by atoms with Crippen molar-refractivity contribution < 1.29 is 26.7 Å². The first-order valence-corrected chi connectivity index (χ1v) is 11.4. The summed E-state index contributed by atoms with van der Waals surface area (Å²) in [5, 5.41) is 0.294. The van der Waals surface area contributed by atoms with Crippen LogP contribution in [0.2, 0.25) is 0 Å². The molecule has 2 rings (SSSR count). The fourth-order valence-electron chi connectivity index (χ4n) is 2.25. The summed E-state index contributed by atoms with van der Waals surface area (Å²) in [6, 6.07) is 3.06. The van der Waals surface area contributed by atoms with E-state index in [4.69, 9.17) is 4.74 Å². The zero-order chi connectivity index (χ0) is 21.8. The number of halogens is 6. The predicted octanol–water partition coefficient (Wildman–Crippen LogP) is 7.51. The second kappa shape index (κ2) is 9.90. The number of hydrogen-bond donors (Lipinski definition) is 1. The molecule has 0 radical (unpaired) electrons. The molecule has 1 N–H and O–H groups in total. The van der Waals surface area contributed by atoms with E-state index >= 15 is 0 Å². The number of alkyl halides is 5. The van der Waals surface area contributed by atoms with Crippen LogP contribution in [0.25, 0.3) is 10.1 Å². The van der Waals surface area contributed by atoms with Gasteiger partial charge in [0, 0.05) is 21.2 Å². The third-order valence-electron chi connectivity index (χ3n) is 3.43. The Morgan fingerprint density at radius 3 is 2.45 bits per heavy atom. The summed E-state index contributed by atoms with van der Waals surface area (Å²) < 4.78 is 74.5. The number of hydrogen-bond acceptors (Lipinski definition) is 8. The predicted molar refractivity (Wildman–Crippen MR) is 108 cm³/mol.